The molecule has 1 aromatic carbocycles. The van der Waals surface area contributed by atoms with Crippen molar-refractivity contribution in [3.63, 3.8) is 0 Å². The number of rotatable bonds is 4. The van der Waals surface area contributed by atoms with Crippen LogP contribution in [0.3, 0.4) is 0 Å². The van der Waals surface area contributed by atoms with Crippen LogP contribution in [0.2, 0.25) is 0 Å². The van der Waals surface area contributed by atoms with Gasteiger partial charge in [0.15, 0.2) is 0 Å². The highest BCUT2D eigenvalue weighted by Crippen LogP contribution is 2.28. The molecule has 0 aliphatic heterocycles. The molecule has 0 radical (unpaired) electrons. The van der Waals surface area contributed by atoms with Crippen LogP contribution in [0.15, 0.2) is 55.2 Å². The molecule has 3 rings (SSSR count). The van der Waals surface area contributed by atoms with E-state index < -0.39 is 11.1 Å². The zero-order valence-corrected chi connectivity index (χ0v) is 12.9. The summed E-state index contributed by atoms with van der Waals surface area (Å²) in [6, 6.07) is 9.21. The van der Waals surface area contributed by atoms with Gasteiger partial charge in [-0.3, -0.25) is 4.21 Å². The lowest BCUT2D eigenvalue weighted by Crippen LogP contribution is -1.96. The van der Waals surface area contributed by atoms with Gasteiger partial charge >= 0.3 is 0 Å². The monoisotopic (exact) mass is 325 g/mol. The van der Waals surface area contributed by atoms with Crippen LogP contribution in [0.5, 0.6) is 0 Å². The molecule has 23 heavy (non-hydrogen) atoms. The lowest BCUT2D eigenvalue weighted by Gasteiger charge is -2.09. The second-order valence-electron chi connectivity index (χ2n) is 4.93. The Morgan fingerprint density at radius 1 is 1.00 bits per heavy atom. The smallest absolute Gasteiger partial charge is 0.131 e. The molecule has 116 valence electrons. The number of pyridine rings is 1. The molecular weight excluding hydrogens is 312 g/mol. The van der Waals surface area contributed by atoms with Gasteiger partial charge in [0.1, 0.15) is 12.1 Å². The summed E-state index contributed by atoms with van der Waals surface area (Å²) in [4.78, 5) is 12.2. The maximum absolute atomic E-state index is 10.7. The van der Waals surface area contributed by atoms with Crippen LogP contribution in [-0.4, -0.2) is 23.7 Å². The summed E-state index contributed by atoms with van der Waals surface area (Å²) in [6.07, 6.45) is 6.49. The van der Waals surface area contributed by atoms with Gasteiger partial charge in [-0.25, -0.2) is 15.0 Å². The first-order valence-corrected chi connectivity index (χ1v) is 8.04. The summed E-state index contributed by atoms with van der Waals surface area (Å²) >= 11 is -2.09. The number of nitrogen functional groups attached to an aromatic ring is 1. The lowest BCUT2D eigenvalue weighted by molar-refractivity contribution is 0.536. The zero-order chi connectivity index (χ0) is 16.2. The van der Waals surface area contributed by atoms with E-state index in [9.17, 15) is 8.76 Å². The van der Waals surface area contributed by atoms with Crippen molar-refractivity contribution < 1.29 is 8.76 Å². The Hall–Kier alpha value is -2.64. The molecule has 0 aliphatic carbocycles. The van der Waals surface area contributed by atoms with E-state index in [0.29, 0.717) is 5.82 Å². The first-order chi connectivity index (χ1) is 11.1. The van der Waals surface area contributed by atoms with Gasteiger partial charge < -0.3 is 10.3 Å². The molecule has 0 aliphatic rings. The van der Waals surface area contributed by atoms with E-state index in [1.54, 1.807) is 30.7 Å². The number of nitrogens with two attached hydrogens (primary N) is 1. The molecule has 1 atom stereocenters. The van der Waals surface area contributed by atoms with Crippen LogP contribution < -0.4 is 5.73 Å². The van der Waals surface area contributed by atoms with Crippen LogP contribution in [-0.2, 0) is 16.8 Å². The minimum absolute atomic E-state index is 0.00682. The number of anilines is 1. The van der Waals surface area contributed by atoms with Crippen LogP contribution in [0.25, 0.3) is 22.3 Å². The largest absolute Gasteiger partial charge is 0.772 e. The van der Waals surface area contributed by atoms with Crippen molar-refractivity contribution in [2.75, 3.05) is 5.73 Å². The fourth-order valence-electron chi connectivity index (χ4n) is 2.23. The number of aromatic nitrogens is 3. The summed E-state index contributed by atoms with van der Waals surface area (Å²) < 4.78 is 21.5. The van der Waals surface area contributed by atoms with Crippen molar-refractivity contribution in [2.24, 2.45) is 0 Å². The molecule has 7 heteroatoms. The third kappa shape index (κ3) is 3.58. The van der Waals surface area contributed by atoms with Gasteiger partial charge in [0.05, 0.1) is 0 Å². The van der Waals surface area contributed by atoms with Crippen molar-refractivity contribution in [3.8, 4) is 22.3 Å². The van der Waals surface area contributed by atoms with E-state index >= 15 is 0 Å². The summed E-state index contributed by atoms with van der Waals surface area (Å²) in [5.41, 5.74) is 10.0. The Kier molecular flexibility index (Phi) is 4.40. The highest BCUT2D eigenvalue weighted by Gasteiger charge is 2.07. The Morgan fingerprint density at radius 2 is 1.70 bits per heavy atom. The minimum atomic E-state index is -2.09. The molecule has 2 aromatic heterocycles. The van der Waals surface area contributed by atoms with Gasteiger partial charge in [-0.05, 0) is 17.2 Å². The van der Waals surface area contributed by atoms with Gasteiger partial charge in [0.25, 0.3) is 0 Å². The van der Waals surface area contributed by atoms with E-state index in [1.165, 1.54) is 6.33 Å². The lowest BCUT2D eigenvalue weighted by atomic mass is 10.0. The number of hydrogen-bond acceptors (Lipinski definition) is 6. The average molecular weight is 325 g/mol. The van der Waals surface area contributed by atoms with Crippen LogP contribution in [0, 0.1) is 0 Å². The topological polar surface area (TPSA) is 105 Å². The summed E-state index contributed by atoms with van der Waals surface area (Å²) in [7, 11) is 0. The fraction of sp³-hybridized carbons (Fsp3) is 0.0625. The van der Waals surface area contributed by atoms with E-state index in [-0.39, 0.29) is 5.75 Å². The quantitative estimate of drug-likeness (QED) is 0.737. The first kappa shape index (κ1) is 15.3. The van der Waals surface area contributed by atoms with Gasteiger partial charge in [0.2, 0.25) is 0 Å². The SMILES string of the molecule is Nc1ncc(-c2ccc(CS(=O)[O-])cc2)cc1-c1cncnc1. The maximum atomic E-state index is 10.7. The summed E-state index contributed by atoms with van der Waals surface area (Å²) in [5.74, 6) is 0.411. The van der Waals surface area contributed by atoms with E-state index in [4.69, 9.17) is 5.73 Å². The molecule has 2 heterocycles. The predicted octanol–water partition coefficient (Wildman–Crippen LogP) is 2.17. The zero-order valence-electron chi connectivity index (χ0n) is 12.0. The summed E-state index contributed by atoms with van der Waals surface area (Å²) in [5, 5.41) is 0. The van der Waals surface area contributed by atoms with E-state index in [1.807, 2.05) is 18.2 Å². The molecule has 6 nitrogen and oxygen atoms in total. The third-order valence-corrected chi connectivity index (χ3v) is 3.93. The van der Waals surface area contributed by atoms with Gasteiger partial charge in [-0.1, -0.05) is 35.3 Å². The molecule has 2 N–H and O–H groups in total. The summed E-state index contributed by atoms with van der Waals surface area (Å²) in [6.45, 7) is 0. The predicted molar refractivity (Wildman–Crippen MR) is 87.7 cm³/mol. The highest BCUT2D eigenvalue weighted by atomic mass is 32.2. The molecule has 0 fully saturated rings. The van der Waals surface area contributed by atoms with Crippen LogP contribution in [0.1, 0.15) is 5.56 Å². The normalized spacial score (nSPS) is 12.0. The minimum Gasteiger partial charge on any atom is -0.772 e. The highest BCUT2D eigenvalue weighted by molar-refractivity contribution is 7.78. The van der Waals surface area contributed by atoms with Crippen molar-refractivity contribution in [1.82, 2.24) is 15.0 Å². The van der Waals surface area contributed by atoms with Crippen molar-refractivity contribution in [2.45, 2.75) is 5.75 Å². The van der Waals surface area contributed by atoms with Crippen molar-refractivity contribution in [1.29, 1.82) is 0 Å². The second kappa shape index (κ2) is 6.64. The standard InChI is InChI=1S/C16H14N4O2S/c17-16-15(14-6-18-10-19-7-14)5-13(8-20-16)12-3-1-11(2-4-12)9-23(21)22/h1-8,10H,9H2,(H2,17,20)(H,21,22)/p-1. The Morgan fingerprint density at radius 3 is 2.35 bits per heavy atom. The molecule has 0 saturated carbocycles. The molecule has 0 saturated heterocycles. The first-order valence-electron chi connectivity index (χ1n) is 6.79. The maximum Gasteiger partial charge on any atom is 0.131 e. The van der Waals surface area contributed by atoms with Gasteiger partial charge in [-0.15, -0.1) is 0 Å². The molecule has 0 spiro atoms. The molecular formula is C16H13N4O2S-. The van der Waals surface area contributed by atoms with E-state index in [2.05, 4.69) is 15.0 Å². The van der Waals surface area contributed by atoms with Gasteiger partial charge in [-0.2, -0.15) is 0 Å². The Balaban J connectivity index is 1.96. The fourth-order valence-corrected chi connectivity index (χ4v) is 2.70. The van der Waals surface area contributed by atoms with Crippen molar-refractivity contribution in [3.05, 3.63) is 60.8 Å². The van der Waals surface area contributed by atoms with Crippen LogP contribution >= 0.6 is 0 Å². The van der Waals surface area contributed by atoms with E-state index in [0.717, 1.165) is 27.8 Å². The van der Waals surface area contributed by atoms with Crippen LogP contribution in [0.4, 0.5) is 5.82 Å². The molecule has 1 unspecified atom stereocenters. The number of hydrogen-bond donors (Lipinski definition) is 1. The molecule has 3 aromatic rings. The van der Waals surface area contributed by atoms with Gasteiger partial charge in [0, 0.05) is 41.0 Å². The van der Waals surface area contributed by atoms with Crippen molar-refractivity contribution >= 4 is 16.9 Å². The number of benzene rings is 1. The average Bonchev–Trinajstić information content (AvgIpc) is 2.56. The second-order valence-corrected chi connectivity index (χ2v) is 5.83. The third-order valence-electron chi connectivity index (χ3n) is 3.36. The number of nitrogens with zero attached hydrogens (tertiary/aromatic N) is 3. The Labute approximate surface area is 135 Å². The molecule has 0 amide bonds. The Bertz CT molecular complexity index is 838. The molecule has 0 bridgehead atoms.